The van der Waals surface area contributed by atoms with E-state index < -0.39 is 5.97 Å². The first-order chi connectivity index (χ1) is 8.24. The molecular formula is C12H13NO4. The Hall–Kier alpha value is -1.91. The number of rotatable bonds is 3. The maximum Gasteiger partial charge on any atom is 0.308 e. The summed E-state index contributed by atoms with van der Waals surface area (Å²) in [5.74, 6) is 0.462. The highest BCUT2D eigenvalue weighted by molar-refractivity contribution is 5.75. The molecule has 1 fully saturated rings. The van der Waals surface area contributed by atoms with E-state index in [0.29, 0.717) is 25.4 Å². The van der Waals surface area contributed by atoms with Crippen molar-refractivity contribution in [3.05, 3.63) is 18.2 Å². The van der Waals surface area contributed by atoms with Gasteiger partial charge in [0.2, 0.25) is 0 Å². The maximum atomic E-state index is 10.7. The Kier molecular flexibility index (Phi) is 2.31. The van der Waals surface area contributed by atoms with Crippen molar-refractivity contribution in [1.82, 2.24) is 0 Å². The average Bonchev–Trinajstić information content (AvgIpc) is 3.08. The first kappa shape index (κ1) is 10.3. The van der Waals surface area contributed by atoms with Crippen molar-refractivity contribution in [3.63, 3.8) is 0 Å². The number of hydrogen-bond acceptors (Lipinski definition) is 4. The molecule has 2 N–H and O–H groups in total. The third-order valence-corrected chi connectivity index (χ3v) is 3.00. The summed E-state index contributed by atoms with van der Waals surface area (Å²) in [6.45, 7) is 1.13. The van der Waals surface area contributed by atoms with Crippen LogP contribution in [0.2, 0.25) is 0 Å². The normalized spacial score (nSPS) is 25.2. The lowest BCUT2D eigenvalue weighted by atomic mass is 10.2. The van der Waals surface area contributed by atoms with E-state index >= 15 is 0 Å². The molecule has 17 heavy (non-hydrogen) atoms. The van der Waals surface area contributed by atoms with Crippen molar-refractivity contribution >= 4 is 11.7 Å². The molecule has 0 saturated heterocycles. The molecule has 2 atom stereocenters. The van der Waals surface area contributed by atoms with E-state index in [-0.39, 0.29) is 12.0 Å². The number of benzene rings is 1. The molecule has 2 aliphatic rings. The van der Waals surface area contributed by atoms with Gasteiger partial charge in [0.25, 0.3) is 0 Å². The predicted octanol–water partition coefficient (Wildman–Crippen LogP) is 1.34. The van der Waals surface area contributed by atoms with Gasteiger partial charge in [0, 0.05) is 17.8 Å². The van der Waals surface area contributed by atoms with Crippen molar-refractivity contribution < 1.29 is 19.4 Å². The minimum atomic E-state index is -0.736. The minimum absolute atomic E-state index is 0.0371. The molecule has 5 heteroatoms. The van der Waals surface area contributed by atoms with Gasteiger partial charge in [-0.05, 0) is 18.6 Å². The number of ether oxygens (including phenoxy) is 2. The van der Waals surface area contributed by atoms with Gasteiger partial charge in [-0.25, -0.2) is 0 Å². The second-order valence-electron chi connectivity index (χ2n) is 4.29. The van der Waals surface area contributed by atoms with Crippen LogP contribution in [-0.2, 0) is 4.79 Å². The van der Waals surface area contributed by atoms with Crippen molar-refractivity contribution in [2.24, 2.45) is 5.92 Å². The molecule has 1 saturated carbocycles. The molecule has 0 bridgehead atoms. The summed E-state index contributed by atoms with van der Waals surface area (Å²) in [5, 5.41) is 12.0. The Bertz CT molecular complexity index is 460. The van der Waals surface area contributed by atoms with Gasteiger partial charge in [-0.1, -0.05) is 0 Å². The molecule has 3 rings (SSSR count). The summed E-state index contributed by atoms with van der Waals surface area (Å²) in [4.78, 5) is 10.7. The van der Waals surface area contributed by atoms with Crippen molar-refractivity contribution in [3.8, 4) is 11.5 Å². The number of carboxylic acids is 1. The fourth-order valence-corrected chi connectivity index (χ4v) is 1.97. The third-order valence-electron chi connectivity index (χ3n) is 3.00. The Balaban J connectivity index is 1.70. The van der Waals surface area contributed by atoms with Crippen LogP contribution in [-0.4, -0.2) is 30.3 Å². The Morgan fingerprint density at radius 2 is 2.06 bits per heavy atom. The van der Waals surface area contributed by atoms with E-state index in [1.807, 2.05) is 18.2 Å². The molecule has 1 aliphatic heterocycles. The Morgan fingerprint density at radius 1 is 1.29 bits per heavy atom. The number of fused-ring (bicyclic) bond motifs is 1. The standard InChI is InChI=1S/C12H13NO4/c14-12(15)8-6-9(8)13-7-1-2-10-11(5-7)17-4-3-16-10/h1-2,5,8-9,13H,3-4,6H2,(H,14,15). The predicted molar refractivity (Wildman–Crippen MR) is 60.6 cm³/mol. The highest BCUT2D eigenvalue weighted by Crippen LogP contribution is 2.37. The SMILES string of the molecule is O=C(O)C1CC1Nc1ccc2c(c1)OCCO2. The minimum Gasteiger partial charge on any atom is -0.486 e. The van der Waals surface area contributed by atoms with E-state index in [2.05, 4.69) is 5.32 Å². The molecule has 5 nitrogen and oxygen atoms in total. The number of aliphatic carboxylic acids is 1. The van der Waals surface area contributed by atoms with Gasteiger partial charge in [0.15, 0.2) is 11.5 Å². The van der Waals surface area contributed by atoms with Gasteiger partial charge >= 0.3 is 5.97 Å². The molecule has 2 unspecified atom stereocenters. The molecule has 1 aliphatic carbocycles. The molecule has 1 aromatic rings. The van der Waals surface area contributed by atoms with Crippen molar-refractivity contribution in [2.75, 3.05) is 18.5 Å². The molecular weight excluding hydrogens is 222 g/mol. The van der Waals surface area contributed by atoms with Crippen molar-refractivity contribution in [1.29, 1.82) is 0 Å². The number of nitrogens with one attached hydrogen (secondary N) is 1. The van der Waals surface area contributed by atoms with Crippen LogP contribution < -0.4 is 14.8 Å². The van der Waals surface area contributed by atoms with Gasteiger partial charge in [0.1, 0.15) is 13.2 Å². The fourth-order valence-electron chi connectivity index (χ4n) is 1.97. The molecule has 0 radical (unpaired) electrons. The van der Waals surface area contributed by atoms with Gasteiger partial charge in [0.05, 0.1) is 5.92 Å². The highest BCUT2D eigenvalue weighted by atomic mass is 16.6. The lowest BCUT2D eigenvalue weighted by Gasteiger charge is -2.19. The summed E-state index contributed by atoms with van der Waals surface area (Å²) >= 11 is 0. The zero-order valence-electron chi connectivity index (χ0n) is 9.18. The van der Waals surface area contributed by atoms with Crippen LogP contribution in [0.25, 0.3) is 0 Å². The molecule has 90 valence electrons. The van der Waals surface area contributed by atoms with E-state index in [1.165, 1.54) is 0 Å². The second kappa shape index (κ2) is 3.84. The second-order valence-corrected chi connectivity index (χ2v) is 4.29. The van der Waals surface area contributed by atoms with Gasteiger partial charge in [-0.15, -0.1) is 0 Å². The van der Waals surface area contributed by atoms with Crippen LogP contribution >= 0.6 is 0 Å². The third kappa shape index (κ3) is 2.00. The zero-order valence-corrected chi connectivity index (χ0v) is 9.18. The lowest BCUT2D eigenvalue weighted by molar-refractivity contribution is -0.138. The van der Waals surface area contributed by atoms with Crippen molar-refractivity contribution in [2.45, 2.75) is 12.5 Å². The number of anilines is 1. The topological polar surface area (TPSA) is 67.8 Å². The quantitative estimate of drug-likeness (QED) is 0.827. The molecule has 0 spiro atoms. The number of carbonyl (C=O) groups is 1. The monoisotopic (exact) mass is 235 g/mol. The van der Waals surface area contributed by atoms with E-state index in [4.69, 9.17) is 14.6 Å². The van der Waals surface area contributed by atoms with Crippen LogP contribution in [0.3, 0.4) is 0 Å². The van der Waals surface area contributed by atoms with Gasteiger partial charge < -0.3 is 19.9 Å². The zero-order chi connectivity index (χ0) is 11.8. The Labute approximate surface area is 98.3 Å². The van der Waals surface area contributed by atoms with E-state index in [0.717, 1.165) is 11.4 Å². The summed E-state index contributed by atoms with van der Waals surface area (Å²) in [5.41, 5.74) is 0.878. The summed E-state index contributed by atoms with van der Waals surface area (Å²) in [6.07, 6.45) is 0.684. The molecule has 0 amide bonds. The number of carboxylic acid groups (broad SMARTS) is 1. The summed E-state index contributed by atoms with van der Waals surface area (Å²) < 4.78 is 10.9. The smallest absolute Gasteiger partial charge is 0.308 e. The first-order valence-electron chi connectivity index (χ1n) is 5.63. The van der Waals surface area contributed by atoms with Crippen LogP contribution in [0.15, 0.2) is 18.2 Å². The van der Waals surface area contributed by atoms with Crippen LogP contribution in [0.5, 0.6) is 11.5 Å². The molecule has 1 heterocycles. The largest absolute Gasteiger partial charge is 0.486 e. The average molecular weight is 235 g/mol. The summed E-state index contributed by atoms with van der Waals surface area (Å²) in [7, 11) is 0. The van der Waals surface area contributed by atoms with Crippen LogP contribution in [0, 0.1) is 5.92 Å². The van der Waals surface area contributed by atoms with Crippen LogP contribution in [0.1, 0.15) is 6.42 Å². The van der Waals surface area contributed by atoms with Crippen LogP contribution in [0.4, 0.5) is 5.69 Å². The highest BCUT2D eigenvalue weighted by Gasteiger charge is 2.43. The lowest BCUT2D eigenvalue weighted by Crippen LogP contribution is -2.16. The summed E-state index contributed by atoms with van der Waals surface area (Å²) in [6, 6.07) is 5.61. The number of hydrogen-bond donors (Lipinski definition) is 2. The van der Waals surface area contributed by atoms with E-state index in [1.54, 1.807) is 0 Å². The Morgan fingerprint density at radius 3 is 2.76 bits per heavy atom. The maximum absolute atomic E-state index is 10.7. The van der Waals surface area contributed by atoms with E-state index in [9.17, 15) is 4.79 Å². The van der Waals surface area contributed by atoms with Gasteiger partial charge in [-0.3, -0.25) is 4.79 Å². The first-order valence-corrected chi connectivity index (χ1v) is 5.63. The molecule has 0 aromatic heterocycles. The van der Waals surface area contributed by atoms with Gasteiger partial charge in [-0.2, -0.15) is 0 Å². The fraction of sp³-hybridized carbons (Fsp3) is 0.417. The molecule has 1 aromatic carbocycles.